The van der Waals surface area contributed by atoms with Crippen LogP contribution in [0.3, 0.4) is 0 Å². The number of amides is 2. The minimum absolute atomic E-state index is 0.0871. The summed E-state index contributed by atoms with van der Waals surface area (Å²) in [6, 6.07) is 6.74. The molecule has 0 N–H and O–H groups in total. The fourth-order valence-electron chi connectivity index (χ4n) is 3.39. The predicted octanol–water partition coefficient (Wildman–Crippen LogP) is 3.90. The molecule has 2 aliphatic rings. The van der Waals surface area contributed by atoms with Gasteiger partial charge in [-0.05, 0) is 32.4 Å². The number of anilines is 1. The van der Waals surface area contributed by atoms with Crippen LogP contribution in [-0.2, 0) is 9.59 Å². The van der Waals surface area contributed by atoms with Gasteiger partial charge >= 0.3 is 0 Å². The summed E-state index contributed by atoms with van der Waals surface area (Å²) in [5.41, 5.74) is 0.773. The molecule has 0 bridgehead atoms. The Morgan fingerprint density at radius 3 is 2.62 bits per heavy atom. The first kappa shape index (κ1) is 20.0. The average Bonchev–Trinajstić information content (AvgIpc) is 2.91. The molecule has 1 heterocycles. The molecule has 0 aromatic heterocycles. The Morgan fingerprint density at radius 2 is 2.08 bits per heavy atom. The van der Waals surface area contributed by atoms with Crippen molar-refractivity contribution in [1.82, 2.24) is 4.90 Å². The number of carbonyl (C=O) groups excluding carboxylic acids is 2. The zero-order chi connectivity index (χ0) is 19.3. The summed E-state index contributed by atoms with van der Waals surface area (Å²) in [5.74, 6) is 0.390. The van der Waals surface area contributed by atoms with Crippen molar-refractivity contribution in [2.75, 3.05) is 18.6 Å². The summed E-state index contributed by atoms with van der Waals surface area (Å²) in [7, 11) is 1.59. The number of benzene rings is 1. The van der Waals surface area contributed by atoms with E-state index >= 15 is 0 Å². The summed E-state index contributed by atoms with van der Waals surface area (Å²) in [6.45, 7) is 4.37. The molecule has 142 valence electrons. The molecule has 2 atom stereocenters. The molecule has 1 aromatic carbocycles. The van der Waals surface area contributed by atoms with Crippen LogP contribution in [0.2, 0.25) is 0 Å². The maximum absolute atomic E-state index is 13.1. The highest BCUT2D eigenvalue weighted by Gasteiger charge is 2.71. The lowest BCUT2D eigenvalue weighted by atomic mass is 10.1. The average molecular weight is 509 g/mol. The number of hydrogen-bond acceptors (Lipinski definition) is 3. The molecule has 3 rings (SSSR count). The van der Waals surface area contributed by atoms with Gasteiger partial charge in [0.1, 0.15) is 15.0 Å². The Balaban J connectivity index is 1.84. The summed E-state index contributed by atoms with van der Waals surface area (Å²) < 4.78 is 4.64. The molecule has 1 aliphatic carbocycles. The van der Waals surface area contributed by atoms with Crippen molar-refractivity contribution in [1.29, 1.82) is 0 Å². The van der Waals surface area contributed by atoms with E-state index in [0.717, 1.165) is 5.69 Å². The van der Waals surface area contributed by atoms with Gasteiger partial charge in [-0.15, -0.1) is 11.6 Å². The number of methoxy groups -OCH3 is 1. The number of carbonyl (C=O) groups is 2. The molecule has 2 fully saturated rings. The lowest BCUT2D eigenvalue weighted by molar-refractivity contribution is -0.140. The van der Waals surface area contributed by atoms with Gasteiger partial charge in [-0.3, -0.25) is 9.59 Å². The van der Waals surface area contributed by atoms with Crippen molar-refractivity contribution in [2.45, 2.75) is 46.9 Å². The first-order valence-electron chi connectivity index (χ1n) is 8.47. The molecule has 1 saturated carbocycles. The second-order valence-electron chi connectivity index (χ2n) is 6.98. The fourth-order valence-corrected chi connectivity index (χ4v) is 5.19. The first-order chi connectivity index (χ1) is 12.1. The fraction of sp³-hybridized carbons (Fsp3) is 0.556. The van der Waals surface area contributed by atoms with Crippen LogP contribution < -0.4 is 9.64 Å². The van der Waals surface area contributed by atoms with Crippen molar-refractivity contribution < 1.29 is 14.3 Å². The number of alkyl halides is 3. The second kappa shape index (κ2) is 6.99. The summed E-state index contributed by atoms with van der Waals surface area (Å²) in [4.78, 5) is 28.5. The molecule has 0 spiro atoms. The number of hydrogen-bond donors (Lipinski definition) is 0. The summed E-state index contributed by atoms with van der Waals surface area (Å²) in [5, 5.41) is 0. The van der Waals surface area contributed by atoms with E-state index in [-0.39, 0.29) is 17.9 Å². The van der Waals surface area contributed by atoms with E-state index in [9.17, 15) is 9.59 Å². The molecule has 1 aliphatic heterocycles. The molecule has 26 heavy (non-hydrogen) atoms. The molecular weight excluding hydrogens is 487 g/mol. The van der Waals surface area contributed by atoms with Gasteiger partial charge in [-0.25, -0.2) is 0 Å². The number of halogens is 3. The van der Waals surface area contributed by atoms with E-state index in [4.69, 9.17) is 16.3 Å². The SMILES string of the molecule is COc1cccc(N2CCC(N(C(=O)C3(Cl)CC3(Br)Br)C(C)C)C2=O)c1. The van der Waals surface area contributed by atoms with Crippen LogP contribution in [0.25, 0.3) is 0 Å². The summed E-state index contributed by atoms with van der Waals surface area (Å²) in [6.07, 6.45) is 1.05. The normalized spacial score (nSPS) is 27.0. The smallest absolute Gasteiger partial charge is 0.249 e. The Hall–Kier alpha value is -0.790. The van der Waals surface area contributed by atoms with Crippen molar-refractivity contribution in [2.24, 2.45) is 0 Å². The summed E-state index contributed by atoms with van der Waals surface area (Å²) >= 11 is 13.4. The van der Waals surface area contributed by atoms with Crippen LogP contribution in [0.5, 0.6) is 5.75 Å². The highest BCUT2D eigenvalue weighted by Crippen LogP contribution is 2.64. The number of nitrogens with zero attached hydrogens (tertiary/aromatic N) is 2. The maximum Gasteiger partial charge on any atom is 0.249 e. The van der Waals surface area contributed by atoms with Gasteiger partial charge in [-0.1, -0.05) is 37.9 Å². The van der Waals surface area contributed by atoms with Crippen LogP contribution in [0, 0.1) is 0 Å². The molecular formula is C18H21Br2ClN2O3. The third kappa shape index (κ3) is 3.27. The Labute approximate surface area is 175 Å². The molecule has 2 amide bonds. The Morgan fingerprint density at radius 1 is 1.42 bits per heavy atom. The minimum Gasteiger partial charge on any atom is -0.497 e. The largest absolute Gasteiger partial charge is 0.497 e. The van der Waals surface area contributed by atoms with Gasteiger partial charge < -0.3 is 14.5 Å². The van der Waals surface area contributed by atoms with Crippen LogP contribution in [0.1, 0.15) is 26.7 Å². The highest BCUT2D eigenvalue weighted by molar-refractivity contribution is 9.25. The quantitative estimate of drug-likeness (QED) is 0.567. The van der Waals surface area contributed by atoms with E-state index in [1.807, 2.05) is 38.1 Å². The van der Waals surface area contributed by atoms with Crippen LogP contribution >= 0.6 is 43.5 Å². The standard InChI is InChI=1S/C18H21Br2ClN2O3/c1-11(2)23(16(25)17(21)10-18(17,19)20)14-7-8-22(15(14)24)12-5-4-6-13(9-12)26-3/h4-6,9,11,14H,7-8,10H2,1-3H3. The topological polar surface area (TPSA) is 49.9 Å². The zero-order valence-electron chi connectivity index (χ0n) is 14.8. The van der Waals surface area contributed by atoms with E-state index < -0.39 is 14.1 Å². The number of ether oxygens (including phenoxy) is 1. The maximum atomic E-state index is 13.1. The van der Waals surface area contributed by atoms with Crippen molar-refractivity contribution in [3.63, 3.8) is 0 Å². The van der Waals surface area contributed by atoms with Gasteiger partial charge in [0.25, 0.3) is 0 Å². The van der Waals surface area contributed by atoms with Crippen molar-refractivity contribution in [3.05, 3.63) is 24.3 Å². The van der Waals surface area contributed by atoms with Gasteiger partial charge in [0, 0.05) is 30.8 Å². The van der Waals surface area contributed by atoms with Gasteiger partial charge in [0.15, 0.2) is 4.87 Å². The number of rotatable bonds is 5. The van der Waals surface area contributed by atoms with Crippen molar-refractivity contribution in [3.8, 4) is 5.75 Å². The molecule has 2 unspecified atom stereocenters. The van der Waals surface area contributed by atoms with Crippen LogP contribution in [0.15, 0.2) is 24.3 Å². The third-order valence-electron chi connectivity index (χ3n) is 4.93. The Bertz CT molecular complexity index is 743. The van der Waals surface area contributed by atoms with Crippen molar-refractivity contribution >= 4 is 61.0 Å². The second-order valence-corrected chi connectivity index (χ2v) is 11.4. The van der Waals surface area contributed by atoms with Crippen LogP contribution in [0.4, 0.5) is 5.69 Å². The molecule has 1 saturated heterocycles. The van der Waals surface area contributed by atoms with Crippen LogP contribution in [-0.4, -0.2) is 50.6 Å². The van der Waals surface area contributed by atoms with E-state index in [1.54, 1.807) is 16.9 Å². The van der Waals surface area contributed by atoms with Gasteiger partial charge in [0.2, 0.25) is 11.8 Å². The van der Waals surface area contributed by atoms with E-state index in [2.05, 4.69) is 31.9 Å². The molecule has 5 nitrogen and oxygen atoms in total. The van der Waals surface area contributed by atoms with E-state index in [0.29, 0.717) is 25.1 Å². The Kier molecular flexibility index (Phi) is 5.36. The molecule has 0 radical (unpaired) electrons. The monoisotopic (exact) mass is 506 g/mol. The first-order valence-corrected chi connectivity index (χ1v) is 10.4. The third-order valence-corrected chi connectivity index (χ3v) is 7.92. The minimum atomic E-state index is -1.05. The lowest BCUT2D eigenvalue weighted by Gasteiger charge is -2.34. The molecule has 8 heteroatoms. The zero-order valence-corrected chi connectivity index (χ0v) is 18.8. The van der Waals surface area contributed by atoms with Gasteiger partial charge in [0.05, 0.1) is 7.11 Å². The van der Waals surface area contributed by atoms with Gasteiger partial charge in [-0.2, -0.15) is 0 Å². The predicted molar refractivity (Wildman–Crippen MR) is 110 cm³/mol. The van der Waals surface area contributed by atoms with E-state index in [1.165, 1.54) is 0 Å². The lowest BCUT2D eigenvalue weighted by Crippen LogP contribution is -2.53. The highest BCUT2D eigenvalue weighted by atomic mass is 79.9. The molecule has 1 aromatic rings.